The van der Waals surface area contributed by atoms with Gasteiger partial charge in [-0.25, -0.2) is 4.79 Å². The number of amides is 4. The van der Waals surface area contributed by atoms with E-state index in [1.807, 2.05) is 0 Å². The Labute approximate surface area is 162 Å². The molecule has 1 aliphatic rings. The van der Waals surface area contributed by atoms with Crippen LogP contribution in [0.1, 0.15) is 27.1 Å². The number of nitrogens with one attached hydrogen (secondary N) is 2. The lowest BCUT2D eigenvalue weighted by Gasteiger charge is -2.12. The number of carbonyl (C=O) groups excluding carboxylic acids is 3. The fourth-order valence-corrected chi connectivity index (χ4v) is 2.97. The predicted molar refractivity (Wildman–Crippen MR) is 104 cm³/mol. The lowest BCUT2D eigenvalue weighted by Crippen LogP contribution is -2.31. The number of imide groups is 1. The highest BCUT2D eigenvalue weighted by molar-refractivity contribution is 6.22. The summed E-state index contributed by atoms with van der Waals surface area (Å²) in [5, 5.41) is 5.36. The summed E-state index contributed by atoms with van der Waals surface area (Å²) in [5.41, 5.74) is 1.53. The van der Waals surface area contributed by atoms with Crippen molar-refractivity contribution in [1.29, 1.82) is 0 Å². The maximum absolute atomic E-state index is 12.5. The molecule has 0 saturated heterocycles. The number of benzene rings is 2. The lowest BCUT2D eigenvalue weighted by atomic mass is 10.1. The molecule has 0 atom stereocenters. The molecule has 1 aliphatic heterocycles. The van der Waals surface area contributed by atoms with Crippen LogP contribution in [0.3, 0.4) is 0 Å². The van der Waals surface area contributed by atoms with Crippen molar-refractivity contribution in [2.45, 2.75) is 6.42 Å². The molecule has 0 aromatic heterocycles. The molecule has 8 nitrogen and oxygen atoms in total. The Hall–Kier alpha value is -3.39. The molecule has 2 aromatic carbocycles. The summed E-state index contributed by atoms with van der Waals surface area (Å²) >= 11 is 0. The predicted octanol–water partition coefficient (Wildman–Crippen LogP) is 2.97. The molecular weight excluding hydrogens is 362 g/mol. The number of hydrogen-bond donors (Lipinski definition) is 2. The second-order valence-electron chi connectivity index (χ2n) is 6.15. The number of fused-ring (bicyclic) bond motifs is 1. The molecule has 0 aliphatic carbocycles. The molecule has 8 heteroatoms. The van der Waals surface area contributed by atoms with E-state index < -0.39 is 6.03 Å². The van der Waals surface area contributed by atoms with Gasteiger partial charge >= 0.3 is 6.03 Å². The summed E-state index contributed by atoms with van der Waals surface area (Å²) in [6.45, 7) is 0.751. The second-order valence-corrected chi connectivity index (χ2v) is 6.15. The first kappa shape index (κ1) is 19.4. The summed E-state index contributed by atoms with van der Waals surface area (Å²) in [4.78, 5) is 38.4. The molecule has 4 amide bonds. The van der Waals surface area contributed by atoms with Crippen LogP contribution in [-0.4, -0.2) is 50.1 Å². The SMILES string of the molecule is COCCCN1C(=O)c2ccc(NC(=O)Nc3ccccc3OC)cc2C1=O. The summed E-state index contributed by atoms with van der Waals surface area (Å²) in [6, 6.07) is 11.2. The third-order valence-corrected chi connectivity index (χ3v) is 4.31. The van der Waals surface area contributed by atoms with Crippen LogP contribution in [-0.2, 0) is 4.74 Å². The van der Waals surface area contributed by atoms with Crippen molar-refractivity contribution in [3.8, 4) is 5.75 Å². The first-order valence-electron chi connectivity index (χ1n) is 8.75. The van der Waals surface area contributed by atoms with E-state index in [0.29, 0.717) is 35.7 Å². The van der Waals surface area contributed by atoms with Crippen LogP contribution >= 0.6 is 0 Å². The zero-order valence-corrected chi connectivity index (χ0v) is 15.7. The summed E-state index contributed by atoms with van der Waals surface area (Å²) in [7, 11) is 3.08. The molecule has 0 radical (unpaired) electrons. The highest BCUT2D eigenvalue weighted by atomic mass is 16.5. The summed E-state index contributed by atoms with van der Waals surface area (Å²) in [6.07, 6.45) is 0.564. The molecule has 2 aromatic rings. The van der Waals surface area contributed by atoms with Gasteiger partial charge in [0.05, 0.1) is 23.9 Å². The Bertz CT molecular complexity index is 912. The van der Waals surface area contributed by atoms with E-state index in [1.165, 1.54) is 18.1 Å². The van der Waals surface area contributed by atoms with Gasteiger partial charge in [-0.2, -0.15) is 0 Å². The minimum atomic E-state index is -0.488. The number of nitrogens with zero attached hydrogens (tertiary/aromatic N) is 1. The molecule has 0 fully saturated rings. The number of anilines is 2. The molecular formula is C20H21N3O5. The van der Waals surface area contributed by atoms with Crippen molar-refractivity contribution >= 4 is 29.2 Å². The van der Waals surface area contributed by atoms with Crippen molar-refractivity contribution in [3.05, 3.63) is 53.6 Å². The Morgan fingerprint density at radius 1 is 1.00 bits per heavy atom. The van der Waals surface area contributed by atoms with Crippen LogP contribution in [0.15, 0.2) is 42.5 Å². The van der Waals surface area contributed by atoms with Crippen molar-refractivity contribution in [1.82, 2.24) is 4.90 Å². The summed E-state index contributed by atoms with van der Waals surface area (Å²) < 4.78 is 10.2. The number of methoxy groups -OCH3 is 2. The van der Waals surface area contributed by atoms with Crippen LogP contribution in [0, 0.1) is 0 Å². The van der Waals surface area contributed by atoms with E-state index in [4.69, 9.17) is 9.47 Å². The number of hydrogen-bond acceptors (Lipinski definition) is 5. The van der Waals surface area contributed by atoms with Gasteiger partial charge in [0.2, 0.25) is 0 Å². The smallest absolute Gasteiger partial charge is 0.323 e. The third kappa shape index (κ3) is 3.96. The molecule has 3 rings (SSSR count). The van der Waals surface area contributed by atoms with Gasteiger partial charge < -0.3 is 20.1 Å². The Balaban J connectivity index is 1.70. The monoisotopic (exact) mass is 383 g/mol. The van der Waals surface area contributed by atoms with Gasteiger partial charge in [0.25, 0.3) is 11.8 Å². The van der Waals surface area contributed by atoms with E-state index in [0.717, 1.165) is 0 Å². The van der Waals surface area contributed by atoms with E-state index >= 15 is 0 Å². The molecule has 28 heavy (non-hydrogen) atoms. The molecule has 0 spiro atoms. The lowest BCUT2D eigenvalue weighted by molar-refractivity contribution is 0.0638. The summed E-state index contributed by atoms with van der Waals surface area (Å²) in [5.74, 6) is -0.176. The number of carbonyl (C=O) groups is 3. The van der Waals surface area contributed by atoms with Gasteiger partial charge in [0.15, 0.2) is 0 Å². The maximum atomic E-state index is 12.5. The Morgan fingerprint density at radius 3 is 2.50 bits per heavy atom. The molecule has 2 N–H and O–H groups in total. The third-order valence-electron chi connectivity index (χ3n) is 4.31. The van der Waals surface area contributed by atoms with Gasteiger partial charge in [0.1, 0.15) is 5.75 Å². The van der Waals surface area contributed by atoms with Crippen molar-refractivity contribution in [3.63, 3.8) is 0 Å². The highest BCUT2D eigenvalue weighted by Gasteiger charge is 2.35. The maximum Gasteiger partial charge on any atom is 0.323 e. The quantitative estimate of drug-likeness (QED) is 0.566. The second kappa shape index (κ2) is 8.53. The van der Waals surface area contributed by atoms with E-state index in [9.17, 15) is 14.4 Å². The van der Waals surface area contributed by atoms with Crippen LogP contribution in [0.4, 0.5) is 16.2 Å². The minimum Gasteiger partial charge on any atom is -0.495 e. The Kier molecular flexibility index (Phi) is 5.90. The molecule has 1 heterocycles. The first-order valence-corrected chi connectivity index (χ1v) is 8.75. The topological polar surface area (TPSA) is 97.0 Å². The zero-order chi connectivity index (χ0) is 20.1. The fraction of sp³-hybridized carbons (Fsp3) is 0.250. The number of ether oxygens (including phenoxy) is 2. The van der Waals surface area contributed by atoms with E-state index in [1.54, 1.807) is 43.5 Å². The van der Waals surface area contributed by atoms with Gasteiger partial charge in [-0.05, 0) is 36.8 Å². The van der Waals surface area contributed by atoms with E-state index in [2.05, 4.69) is 10.6 Å². The Morgan fingerprint density at radius 2 is 1.75 bits per heavy atom. The van der Waals surface area contributed by atoms with Crippen LogP contribution < -0.4 is 15.4 Å². The van der Waals surface area contributed by atoms with Gasteiger partial charge in [-0.3, -0.25) is 14.5 Å². The zero-order valence-electron chi connectivity index (χ0n) is 15.7. The fourth-order valence-electron chi connectivity index (χ4n) is 2.97. The minimum absolute atomic E-state index is 0.275. The number of rotatable bonds is 7. The molecule has 0 unspecified atom stereocenters. The van der Waals surface area contributed by atoms with Gasteiger partial charge in [-0.1, -0.05) is 12.1 Å². The number of para-hydroxylation sites is 2. The average Bonchev–Trinajstić information content (AvgIpc) is 2.93. The van der Waals surface area contributed by atoms with Crippen LogP contribution in [0.2, 0.25) is 0 Å². The standard InChI is InChI=1S/C20H21N3O5/c1-27-11-5-10-23-18(24)14-9-8-13(12-15(14)19(23)25)21-20(26)22-16-6-3-4-7-17(16)28-2/h3-4,6-9,12H,5,10-11H2,1-2H3,(H2,21,22,26). The molecule has 146 valence electrons. The van der Waals surface area contributed by atoms with Gasteiger partial charge in [0, 0.05) is 25.9 Å². The van der Waals surface area contributed by atoms with Crippen LogP contribution in [0.25, 0.3) is 0 Å². The number of urea groups is 1. The average molecular weight is 383 g/mol. The normalized spacial score (nSPS) is 12.7. The largest absolute Gasteiger partial charge is 0.495 e. The first-order chi connectivity index (χ1) is 13.5. The van der Waals surface area contributed by atoms with Crippen LogP contribution in [0.5, 0.6) is 5.75 Å². The molecule has 0 bridgehead atoms. The molecule has 0 saturated carbocycles. The highest BCUT2D eigenvalue weighted by Crippen LogP contribution is 2.27. The van der Waals surface area contributed by atoms with Crippen molar-refractivity contribution < 1.29 is 23.9 Å². The van der Waals surface area contributed by atoms with Crippen molar-refractivity contribution in [2.75, 3.05) is 38.0 Å². The van der Waals surface area contributed by atoms with Gasteiger partial charge in [-0.15, -0.1) is 0 Å². The van der Waals surface area contributed by atoms with E-state index in [-0.39, 0.29) is 23.9 Å². The van der Waals surface area contributed by atoms with Crippen molar-refractivity contribution in [2.24, 2.45) is 0 Å².